The van der Waals surface area contributed by atoms with Crippen LogP contribution in [0.25, 0.3) is 10.9 Å². The third kappa shape index (κ3) is 1.95. The highest BCUT2D eigenvalue weighted by Gasteiger charge is 2.23. The summed E-state index contributed by atoms with van der Waals surface area (Å²) in [7, 11) is 1.33. The minimum Gasteiger partial charge on any atom is -0.506 e. The van der Waals surface area contributed by atoms with E-state index in [0.717, 1.165) is 4.57 Å². The first-order valence-electron chi connectivity index (χ1n) is 5.66. The fourth-order valence-corrected chi connectivity index (χ4v) is 1.94. The second kappa shape index (κ2) is 4.72. The second-order valence-electron chi connectivity index (χ2n) is 3.94. The molecule has 2 aromatic rings. The summed E-state index contributed by atoms with van der Waals surface area (Å²) in [5.41, 5.74) is -1.34. The monoisotopic (exact) mass is 265 g/mol. The molecule has 1 N–H and O–H groups in total. The largest absolute Gasteiger partial charge is 0.506 e. The van der Waals surface area contributed by atoms with Crippen molar-refractivity contribution in [1.82, 2.24) is 4.57 Å². The third-order valence-corrected chi connectivity index (χ3v) is 2.81. The molecule has 1 aromatic carbocycles. The summed E-state index contributed by atoms with van der Waals surface area (Å²) in [5.74, 6) is -2.13. The molecule has 0 radical (unpaired) electrons. The van der Waals surface area contributed by atoms with E-state index in [4.69, 9.17) is 4.74 Å². The van der Waals surface area contributed by atoms with Crippen LogP contribution in [0.5, 0.6) is 5.75 Å². The second-order valence-corrected chi connectivity index (χ2v) is 3.94. The maximum atomic E-state index is 13.7. The average molecular weight is 265 g/mol. The number of hydrogen-bond acceptors (Lipinski definition) is 4. The first-order chi connectivity index (χ1) is 8.99. The molecule has 0 atom stereocenters. The molecule has 2 rings (SSSR count). The molecule has 0 bridgehead atoms. The van der Waals surface area contributed by atoms with Crippen LogP contribution in [0.4, 0.5) is 4.39 Å². The number of esters is 1. The van der Waals surface area contributed by atoms with E-state index in [1.54, 1.807) is 6.92 Å². The molecule has 0 aliphatic carbocycles. The van der Waals surface area contributed by atoms with Gasteiger partial charge in [0.05, 0.1) is 12.1 Å². The number of hydrogen-bond donors (Lipinski definition) is 1. The van der Waals surface area contributed by atoms with E-state index in [2.05, 4.69) is 0 Å². The summed E-state index contributed by atoms with van der Waals surface area (Å²) in [6.45, 7) is 1.66. The number of carbonyl (C=O) groups is 1. The number of aromatic nitrogens is 1. The highest BCUT2D eigenvalue weighted by atomic mass is 19.1. The molecule has 1 aromatic heterocycles. The number of aryl methyl sites for hydroxylation is 1. The molecule has 0 saturated heterocycles. The minimum atomic E-state index is -0.924. The first-order valence-corrected chi connectivity index (χ1v) is 5.66. The molecular weight excluding hydrogens is 253 g/mol. The number of para-hydroxylation sites is 1. The highest BCUT2D eigenvalue weighted by molar-refractivity contribution is 5.99. The van der Waals surface area contributed by atoms with Crippen LogP contribution in [-0.2, 0) is 11.8 Å². The smallest absolute Gasteiger partial charge is 0.347 e. The first kappa shape index (κ1) is 13.1. The van der Waals surface area contributed by atoms with Gasteiger partial charge in [0, 0.05) is 12.4 Å². The van der Waals surface area contributed by atoms with Crippen LogP contribution in [0.3, 0.4) is 0 Å². The van der Waals surface area contributed by atoms with Gasteiger partial charge in [0.2, 0.25) is 0 Å². The standard InChI is InChI=1S/C13H12FNO4/c1-3-19-13(18)9-11(16)7-5-4-6-8(14)10(7)15(2)12(9)17/h4-6,16H,3H2,1-2H3. The predicted molar refractivity (Wildman–Crippen MR) is 66.8 cm³/mol. The number of pyridine rings is 1. The van der Waals surface area contributed by atoms with Crippen LogP contribution in [-0.4, -0.2) is 22.2 Å². The van der Waals surface area contributed by atoms with Gasteiger partial charge < -0.3 is 14.4 Å². The maximum absolute atomic E-state index is 13.7. The quantitative estimate of drug-likeness (QED) is 0.837. The average Bonchev–Trinajstić information content (AvgIpc) is 2.36. The van der Waals surface area contributed by atoms with Crippen molar-refractivity contribution in [3.63, 3.8) is 0 Å². The van der Waals surface area contributed by atoms with Crippen LogP contribution >= 0.6 is 0 Å². The van der Waals surface area contributed by atoms with Crippen molar-refractivity contribution in [2.45, 2.75) is 6.92 Å². The van der Waals surface area contributed by atoms with E-state index in [-0.39, 0.29) is 17.5 Å². The Hall–Kier alpha value is -2.37. The number of carbonyl (C=O) groups excluding carboxylic acids is 1. The summed E-state index contributed by atoms with van der Waals surface area (Å²) in [4.78, 5) is 23.7. The van der Waals surface area contributed by atoms with Crippen molar-refractivity contribution in [2.75, 3.05) is 6.61 Å². The SMILES string of the molecule is CCOC(=O)c1c(O)c2cccc(F)c2n(C)c1=O. The lowest BCUT2D eigenvalue weighted by Crippen LogP contribution is -2.26. The Balaban J connectivity index is 2.89. The summed E-state index contributed by atoms with van der Waals surface area (Å²) >= 11 is 0. The Kier molecular flexibility index (Phi) is 3.25. The van der Waals surface area contributed by atoms with Gasteiger partial charge in [-0.25, -0.2) is 9.18 Å². The molecule has 5 nitrogen and oxygen atoms in total. The molecule has 0 fully saturated rings. The Morgan fingerprint density at radius 1 is 1.47 bits per heavy atom. The summed E-state index contributed by atoms with van der Waals surface area (Å²) in [6.07, 6.45) is 0. The van der Waals surface area contributed by atoms with Crippen LogP contribution < -0.4 is 5.56 Å². The number of aromatic hydroxyl groups is 1. The Bertz CT molecular complexity index is 721. The van der Waals surface area contributed by atoms with E-state index >= 15 is 0 Å². The number of ether oxygens (including phenoxy) is 1. The van der Waals surface area contributed by atoms with Gasteiger partial charge in [-0.2, -0.15) is 0 Å². The van der Waals surface area contributed by atoms with Gasteiger partial charge in [0.25, 0.3) is 5.56 Å². The number of halogens is 1. The fourth-order valence-electron chi connectivity index (χ4n) is 1.94. The molecule has 0 aliphatic rings. The number of nitrogens with zero attached hydrogens (tertiary/aromatic N) is 1. The lowest BCUT2D eigenvalue weighted by atomic mass is 10.1. The number of benzene rings is 1. The van der Waals surface area contributed by atoms with Crippen molar-refractivity contribution in [1.29, 1.82) is 0 Å². The summed E-state index contributed by atoms with van der Waals surface area (Å²) in [6, 6.07) is 3.98. The molecule has 1 heterocycles. The van der Waals surface area contributed by atoms with Gasteiger partial charge in [0.15, 0.2) is 5.56 Å². The molecular formula is C13H12FNO4. The third-order valence-electron chi connectivity index (χ3n) is 2.81. The molecule has 0 spiro atoms. The maximum Gasteiger partial charge on any atom is 0.347 e. The number of rotatable bonds is 2. The van der Waals surface area contributed by atoms with Gasteiger partial charge in [0.1, 0.15) is 11.6 Å². The molecule has 100 valence electrons. The van der Waals surface area contributed by atoms with Crippen LogP contribution in [0.15, 0.2) is 23.0 Å². The van der Waals surface area contributed by atoms with Crippen molar-refractivity contribution in [3.05, 3.63) is 39.9 Å². The molecule has 6 heteroatoms. The Labute approximate surface area is 107 Å². The van der Waals surface area contributed by atoms with E-state index in [1.165, 1.54) is 25.2 Å². The van der Waals surface area contributed by atoms with Gasteiger partial charge >= 0.3 is 5.97 Å². The highest BCUT2D eigenvalue weighted by Crippen LogP contribution is 2.27. The van der Waals surface area contributed by atoms with Gasteiger partial charge in [-0.1, -0.05) is 6.07 Å². The molecule has 0 unspecified atom stereocenters. The van der Waals surface area contributed by atoms with E-state index in [1.807, 2.05) is 0 Å². The van der Waals surface area contributed by atoms with E-state index in [9.17, 15) is 19.1 Å². The molecule has 19 heavy (non-hydrogen) atoms. The molecule has 0 saturated carbocycles. The summed E-state index contributed by atoms with van der Waals surface area (Å²) in [5, 5.41) is 10.1. The fraction of sp³-hybridized carbons (Fsp3) is 0.231. The predicted octanol–water partition coefficient (Wildman–Crippen LogP) is 1.56. The van der Waals surface area contributed by atoms with E-state index in [0.29, 0.717) is 0 Å². The topological polar surface area (TPSA) is 68.5 Å². The molecule has 0 amide bonds. The minimum absolute atomic E-state index is 0.0574. The Morgan fingerprint density at radius 3 is 2.79 bits per heavy atom. The van der Waals surface area contributed by atoms with Crippen LogP contribution in [0.2, 0.25) is 0 Å². The van der Waals surface area contributed by atoms with Gasteiger partial charge in [-0.3, -0.25) is 4.79 Å². The zero-order valence-corrected chi connectivity index (χ0v) is 10.4. The van der Waals surface area contributed by atoms with Crippen molar-refractivity contribution in [2.24, 2.45) is 7.05 Å². The molecule has 0 aliphatic heterocycles. The summed E-state index contributed by atoms with van der Waals surface area (Å²) < 4.78 is 19.4. The van der Waals surface area contributed by atoms with Crippen molar-refractivity contribution >= 4 is 16.9 Å². The zero-order chi connectivity index (χ0) is 14.2. The van der Waals surface area contributed by atoms with Crippen LogP contribution in [0, 0.1) is 5.82 Å². The lowest BCUT2D eigenvalue weighted by molar-refractivity contribution is 0.0520. The zero-order valence-electron chi connectivity index (χ0n) is 10.4. The van der Waals surface area contributed by atoms with Crippen molar-refractivity contribution in [3.8, 4) is 5.75 Å². The van der Waals surface area contributed by atoms with Crippen molar-refractivity contribution < 1.29 is 19.0 Å². The lowest BCUT2D eigenvalue weighted by Gasteiger charge is -2.11. The Morgan fingerprint density at radius 2 is 2.16 bits per heavy atom. The van der Waals surface area contributed by atoms with Gasteiger partial charge in [-0.15, -0.1) is 0 Å². The number of fused-ring (bicyclic) bond motifs is 1. The van der Waals surface area contributed by atoms with Gasteiger partial charge in [-0.05, 0) is 19.1 Å². The van der Waals surface area contributed by atoms with E-state index < -0.39 is 28.7 Å². The normalized spacial score (nSPS) is 10.7. The van der Waals surface area contributed by atoms with Crippen LogP contribution in [0.1, 0.15) is 17.3 Å².